The molecule has 0 aliphatic rings. The lowest BCUT2D eigenvalue weighted by Gasteiger charge is -2.13. The van der Waals surface area contributed by atoms with Crippen LogP contribution in [0.2, 0.25) is 0 Å². The maximum Gasteiger partial charge on any atom is 0.584 e. The van der Waals surface area contributed by atoms with Gasteiger partial charge in [-0.05, 0) is 29.8 Å². The van der Waals surface area contributed by atoms with Crippen molar-refractivity contribution in [2.24, 2.45) is 5.73 Å². The number of para-hydroxylation sites is 1. The molecule has 0 aliphatic heterocycles. The number of nitrogens with two attached hydrogens (primary N) is 1. The second-order valence-electron chi connectivity index (χ2n) is 3.81. The van der Waals surface area contributed by atoms with Crippen LogP contribution in [0.15, 0.2) is 54.6 Å². The predicted octanol–water partition coefficient (Wildman–Crippen LogP) is 2.70. The van der Waals surface area contributed by atoms with Crippen LogP contribution in [0, 0.1) is 0 Å². The summed E-state index contributed by atoms with van der Waals surface area (Å²) in [4.78, 5) is 9.63. The molecule has 0 fully saturated rings. The van der Waals surface area contributed by atoms with Crippen molar-refractivity contribution in [3.63, 3.8) is 0 Å². The van der Waals surface area contributed by atoms with Gasteiger partial charge in [0, 0.05) is 6.54 Å². The maximum atomic E-state index is 11.8. The molecular formula is C13H14NO4P. The Morgan fingerprint density at radius 3 is 2.00 bits per heavy atom. The number of benzene rings is 2. The fraction of sp³-hybridized carbons (Fsp3) is 0.0769. The summed E-state index contributed by atoms with van der Waals surface area (Å²) >= 11 is 0. The van der Waals surface area contributed by atoms with Crippen LogP contribution in [0.3, 0.4) is 0 Å². The van der Waals surface area contributed by atoms with Gasteiger partial charge in [0.25, 0.3) is 0 Å². The first kappa shape index (κ1) is 13.6. The minimum atomic E-state index is -4.19. The van der Waals surface area contributed by atoms with E-state index in [4.69, 9.17) is 14.8 Å². The van der Waals surface area contributed by atoms with Crippen molar-refractivity contribution in [1.29, 1.82) is 0 Å². The average molecular weight is 279 g/mol. The molecule has 100 valence electrons. The topological polar surface area (TPSA) is 81.8 Å². The number of hydrogen-bond donors (Lipinski definition) is 2. The Labute approximate surface area is 111 Å². The number of rotatable bonds is 5. The molecule has 5 nitrogen and oxygen atoms in total. The Morgan fingerprint density at radius 2 is 1.47 bits per heavy atom. The van der Waals surface area contributed by atoms with Gasteiger partial charge in [0.1, 0.15) is 11.5 Å². The van der Waals surface area contributed by atoms with Gasteiger partial charge in [-0.1, -0.05) is 30.3 Å². The zero-order valence-electron chi connectivity index (χ0n) is 10.1. The highest BCUT2D eigenvalue weighted by Crippen LogP contribution is 2.44. The molecule has 0 bridgehead atoms. The standard InChI is InChI=1S/C13H14NO4P/c14-10-11-6-8-13(9-7-11)18-19(15,16)17-12-4-2-1-3-5-12/h1-9H,10,14H2,(H,15,16). The Kier molecular flexibility index (Phi) is 4.22. The molecular weight excluding hydrogens is 265 g/mol. The van der Waals surface area contributed by atoms with Gasteiger partial charge in [-0.2, -0.15) is 0 Å². The fourth-order valence-corrected chi connectivity index (χ4v) is 2.27. The van der Waals surface area contributed by atoms with Crippen LogP contribution in [0.4, 0.5) is 0 Å². The smallest absolute Gasteiger partial charge is 0.395 e. The third kappa shape index (κ3) is 4.10. The maximum absolute atomic E-state index is 11.8. The summed E-state index contributed by atoms with van der Waals surface area (Å²) in [6.45, 7) is 0.400. The third-order valence-electron chi connectivity index (χ3n) is 2.34. The first-order valence-electron chi connectivity index (χ1n) is 5.65. The summed E-state index contributed by atoms with van der Waals surface area (Å²) in [7, 11) is -4.19. The summed E-state index contributed by atoms with van der Waals surface area (Å²) in [5.41, 5.74) is 6.37. The average Bonchev–Trinajstić information content (AvgIpc) is 2.39. The van der Waals surface area contributed by atoms with E-state index in [0.717, 1.165) is 5.56 Å². The first-order valence-corrected chi connectivity index (χ1v) is 7.15. The number of hydrogen-bond acceptors (Lipinski definition) is 4. The summed E-state index contributed by atoms with van der Waals surface area (Å²) < 4.78 is 21.7. The van der Waals surface area contributed by atoms with Crippen LogP contribution in [0.5, 0.6) is 11.5 Å². The molecule has 0 saturated heterocycles. The SMILES string of the molecule is NCc1ccc(OP(=O)(O)Oc2ccccc2)cc1. The first-order chi connectivity index (χ1) is 9.09. The van der Waals surface area contributed by atoms with Gasteiger partial charge < -0.3 is 14.8 Å². The number of phosphoric acid groups is 1. The Balaban J connectivity index is 2.06. The quantitative estimate of drug-likeness (QED) is 0.822. The summed E-state index contributed by atoms with van der Waals surface area (Å²) in [5.74, 6) is 0.519. The van der Waals surface area contributed by atoms with Crippen molar-refractivity contribution in [2.75, 3.05) is 0 Å². The Morgan fingerprint density at radius 1 is 0.947 bits per heavy atom. The summed E-state index contributed by atoms with van der Waals surface area (Å²) in [5, 5.41) is 0. The highest BCUT2D eigenvalue weighted by Gasteiger charge is 2.24. The van der Waals surface area contributed by atoms with Gasteiger partial charge in [0.05, 0.1) is 0 Å². The number of phosphoric ester groups is 1. The molecule has 0 aromatic heterocycles. The molecule has 19 heavy (non-hydrogen) atoms. The fourth-order valence-electron chi connectivity index (χ4n) is 1.45. The third-order valence-corrected chi connectivity index (χ3v) is 3.23. The lowest BCUT2D eigenvalue weighted by atomic mass is 10.2. The van der Waals surface area contributed by atoms with Crippen LogP contribution in [0.1, 0.15) is 5.56 Å². The van der Waals surface area contributed by atoms with Gasteiger partial charge in [-0.15, -0.1) is 0 Å². The Hall–Kier alpha value is -1.81. The van der Waals surface area contributed by atoms with Crippen molar-refractivity contribution in [3.05, 3.63) is 60.2 Å². The highest BCUT2D eigenvalue weighted by molar-refractivity contribution is 7.48. The molecule has 0 aliphatic carbocycles. The van der Waals surface area contributed by atoms with E-state index >= 15 is 0 Å². The minimum Gasteiger partial charge on any atom is -0.395 e. The summed E-state index contributed by atoms with van der Waals surface area (Å²) in [6.07, 6.45) is 0. The second-order valence-corrected chi connectivity index (χ2v) is 5.11. The molecule has 0 saturated carbocycles. The largest absolute Gasteiger partial charge is 0.584 e. The molecule has 2 rings (SSSR count). The van der Waals surface area contributed by atoms with E-state index in [1.807, 2.05) is 0 Å². The van der Waals surface area contributed by atoms with Crippen molar-refractivity contribution in [3.8, 4) is 11.5 Å². The van der Waals surface area contributed by atoms with E-state index in [9.17, 15) is 9.46 Å². The van der Waals surface area contributed by atoms with Crippen LogP contribution >= 0.6 is 7.82 Å². The molecule has 0 radical (unpaired) electrons. The van der Waals surface area contributed by atoms with E-state index < -0.39 is 7.82 Å². The second kappa shape index (κ2) is 5.89. The van der Waals surface area contributed by atoms with E-state index in [2.05, 4.69) is 0 Å². The summed E-state index contributed by atoms with van der Waals surface area (Å²) in [6, 6.07) is 14.9. The van der Waals surface area contributed by atoms with Crippen molar-refractivity contribution >= 4 is 7.82 Å². The molecule has 0 amide bonds. The van der Waals surface area contributed by atoms with Crippen molar-refractivity contribution < 1.29 is 18.5 Å². The molecule has 3 N–H and O–H groups in total. The molecule has 2 aromatic carbocycles. The Bertz CT molecular complexity index is 571. The lowest BCUT2D eigenvalue weighted by molar-refractivity contribution is 0.291. The normalized spacial score (nSPS) is 13.6. The van der Waals surface area contributed by atoms with E-state index in [1.54, 1.807) is 54.6 Å². The molecule has 0 heterocycles. The molecule has 2 aromatic rings. The lowest BCUT2D eigenvalue weighted by Crippen LogP contribution is -2.00. The van der Waals surface area contributed by atoms with Crippen LogP contribution in [-0.2, 0) is 11.1 Å². The molecule has 1 atom stereocenters. The molecule has 1 unspecified atom stereocenters. The zero-order valence-corrected chi connectivity index (χ0v) is 11.0. The van der Waals surface area contributed by atoms with Gasteiger partial charge in [0.15, 0.2) is 0 Å². The van der Waals surface area contributed by atoms with Crippen LogP contribution in [0.25, 0.3) is 0 Å². The predicted molar refractivity (Wildman–Crippen MR) is 71.9 cm³/mol. The molecule has 6 heteroatoms. The van der Waals surface area contributed by atoms with Crippen molar-refractivity contribution in [2.45, 2.75) is 6.54 Å². The van der Waals surface area contributed by atoms with E-state index in [1.165, 1.54) is 0 Å². The van der Waals surface area contributed by atoms with Gasteiger partial charge in [-0.3, -0.25) is 4.89 Å². The van der Waals surface area contributed by atoms with Crippen LogP contribution in [-0.4, -0.2) is 4.89 Å². The van der Waals surface area contributed by atoms with Crippen LogP contribution < -0.4 is 14.8 Å². The van der Waals surface area contributed by atoms with Gasteiger partial charge in [0.2, 0.25) is 0 Å². The van der Waals surface area contributed by atoms with Gasteiger partial charge >= 0.3 is 7.82 Å². The minimum absolute atomic E-state index is 0.249. The van der Waals surface area contributed by atoms with Crippen molar-refractivity contribution in [1.82, 2.24) is 0 Å². The van der Waals surface area contributed by atoms with Gasteiger partial charge in [-0.25, -0.2) is 4.57 Å². The van der Waals surface area contributed by atoms with E-state index in [-0.39, 0.29) is 11.5 Å². The molecule has 0 spiro atoms. The zero-order chi connectivity index (χ0) is 13.7. The highest BCUT2D eigenvalue weighted by atomic mass is 31.2. The monoisotopic (exact) mass is 279 g/mol. The van der Waals surface area contributed by atoms with E-state index in [0.29, 0.717) is 6.54 Å².